The second kappa shape index (κ2) is 10.6. The Morgan fingerprint density at radius 1 is 1.21 bits per heavy atom. The monoisotopic (exact) mass is 531 g/mol. The fraction of sp³-hybridized carbons (Fsp3) is 0.481. The minimum absolute atomic E-state index is 0.0693. The number of fused-ring (bicyclic) bond motifs is 1. The quantitative estimate of drug-likeness (QED) is 0.455. The number of benzene rings is 1. The number of carbonyl (C=O) groups excluding carboxylic acids is 1. The van der Waals surface area contributed by atoms with Gasteiger partial charge in [-0.1, -0.05) is 18.2 Å². The molecule has 1 unspecified atom stereocenters. The van der Waals surface area contributed by atoms with Crippen LogP contribution in [0.3, 0.4) is 0 Å². The maximum absolute atomic E-state index is 14.8. The Morgan fingerprint density at radius 3 is 2.61 bits per heavy atom. The first-order valence-electron chi connectivity index (χ1n) is 12.5. The second-order valence-electron chi connectivity index (χ2n) is 10.6. The van der Waals surface area contributed by atoms with Gasteiger partial charge in [-0.15, -0.1) is 0 Å². The van der Waals surface area contributed by atoms with Crippen molar-refractivity contribution in [1.29, 1.82) is 0 Å². The molecule has 1 fully saturated rings. The molecule has 1 saturated heterocycles. The van der Waals surface area contributed by atoms with E-state index in [1.165, 1.54) is 23.0 Å². The second-order valence-corrected chi connectivity index (χ2v) is 10.6. The van der Waals surface area contributed by atoms with Gasteiger partial charge in [0.05, 0.1) is 17.0 Å². The first-order chi connectivity index (χ1) is 17.9. The van der Waals surface area contributed by atoms with Gasteiger partial charge in [0.2, 0.25) is 0 Å². The summed E-state index contributed by atoms with van der Waals surface area (Å²) in [5.74, 6) is -0.871. The molecule has 2 atom stereocenters. The van der Waals surface area contributed by atoms with Crippen LogP contribution in [0.5, 0.6) is 0 Å². The molecule has 2 aromatic heterocycles. The van der Waals surface area contributed by atoms with E-state index >= 15 is 0 Å². The van der Waals surface area contributed by atoms with Crippen LogP contribution in [0.4, 0.5) is 23.8 Å². The Labute approximate surface area is 218 Å². The minimum Gasteiger partial charge on any atom is -0.444 e. The van der Waals surface area contributed by atoms with Gasteiger partial charge in [-0.2, -0.15) is 0 Å². The highest BCUT2D eigenvalue weighted by Crippen LogP contribution is 2.32. The molecule has 4 rings (SSSR count). The molecule has 0 aliphatic carbocycles. The highest BCUT2D eigenvalue weighted by Gasteiger charge is 2.30. The number of rotatable bonds is 5. The van der Waals surface area contributed by atoms with Gasteiger partial charge >= 0.3 is 6.09 Å². The van der Waals surface area contributed by atoms with Crippen molar-refractivity contribution in [3.63, 3.8) is 0 Å². The van der Waals surface area contributed by atoms with Crippen LogP contribution in [0.2, 0.25) is 0 Å². The number of piperidine rings is 1. The summed E-state index contributed by atoms with van der Waals surface area (Å²) < 4.78 is 48.2. The van der Waals surface area contributed by atoms with E-state index < -0.39 is 35.5 Å². The molecular weight excluding hydrogens is 499 g/mol. The lowest BCUT2D eigenvalue weighted by Crippen LogP contribution is -2.43. The molecule has 1 amide bonds. The lowest BCUT2D eigenvalue weighted by molar-refractivity contribution is 0.0198. The van der Waals surface area contributed by atoms with Crippen LogP contribution in [0.25, 0.3) is 11.0 Å². The molecule has 1 N–H and O–H groups in total. The summed E-state index contributed by atoms with van der Waals surface area (Å²) in [4.78, 5) is 36.2. The fourth-order valence-corrected chi connectivity index (χ4v) is 4.78. The van der Waals surface area contributed by atoms with Crippen molar-refractivity contribution >= 4 is 22.9 Å². The largest absolute Gasteiger partial charge is 0.444 e. The standard InChI is InChI=1S/C27H32F3N5O3/c1-15(17-9-6-10-18(21(17)28)22(29)30)33-23-20-12-19(25(36)34(5)24(20)32-14-31-23)16-8-7-11-35(13-16)26(37)38-27(2,3)4/h6,9-10,12,14-16,22H,7-8,11,13H2,1-5H3,(H,31,32,33)/t15-,16?/m1/s1. The molecule has 38 heavy (non-hydrogen) atoms. The van der Waals surface area contributed by atoms with Crippen LogP contribution >= 0.6 is 0 Å². The maximum Gasteiger partial charge on any atom is 0.410 e. The number of ether oxygens (including phenoxy) is 1. The number of hydrogen-bond acceptors (Lipinski definition) is 6. The number of aromatic nitrogens is 3. The van der Waals surface area contributed by atoms with E-state index in [2.05, 4.69) is 15.3 Å². The molecule has 0 bridgehead atoms. The number of nitrogens with one attached hydrogen (secondary N) is 1. The van der Waals surface area contributed by atoms with Gasteiger partial charge in [-0.25, -0.2) is 27.9 Å². The van der Waals surface area contributed by atoms with Gasteiger partial charge in [0.15, 0.2) is 0 Å². The van der Waals surface area contributed by atoms with Gasteiger partial charge in [-0.05, 0) is 46.6 Å². The fourth-order valence-electron chi connectivity index (χ4n) is 4.78. The summed E-state index contributed by atoms with van der Waals surface area (Å²) in [6.45, 7) is 7.91. The average molecular weight is 532 g/mol. The minimum atomic E-state index is -2.94. The van der Waals surface area contributed by atoms with E-state index in [0.717, 1.165) is 6.07 Å². The van der Waals surface area contributed by atoms with Crippen LogP contribution < -0.4 is 10.9 Å². The molecule has 11 heteroatoms. The van der Waals surface area contributed by atoms with Crippen molar-refractivity contribution in [2.75, 3.05) is 18.4 Å². The number of carbonyl (C=O) groups is 1. The third-order valence-corrected chi connectivity index (χ3v) is 6.66. The topological polar surface area (TPSA) is 89.4 Å². The molecule has 3 heterocycles. The third-order valence-electron chi connectivity index (χ3n) is 6.66. The van der Waals surface area contributed by atoms with Crippen LogP contribution in [0.15, 0.2) is 35.4 Å². The number of likely N-dealkylation sites (tertiary alicyclic amines) is 1. The summed E-state index contributed by atoms with van der Waals surface area (Å²) in [5.41, 5.74) is -0.594. The molecule has 0 spiro atoms. The molecule has 8 nitrogen and oxygen atoms in total. The van der Waals surface area contributed by atoms with Crippen molar-refractivity contribution in [3.05, 3.63) is 63.5 Å². The zero-order chi connectivity index (χ0) is 27.8. The molecule has 1 aliphatic rings. The highest BCUT2D eigenvalue weighted by atomic mass is 19.3. The summed E-state index contributed by atoms with van der Waals surface area (Å²) in [5, 5.41) is 3.63. The van der Waals surface area contributed by atoms with Crippen molar-refractivity contribution in [3.8, 4) is 0 Å². The summed E-state index contributed by atoms with van der Waals surface area (Å²) in [7, 11) is 1.61. The number of aryl methyl sites for hydroxylation is 1. The van der Waals surface area contributed by atoms with E-state index in [1.807, 2.05) is 0 Å². The predicted octanol–water partition coefficient (Wildman–Crippen LogP) is 5.69. The first-order valence-corrected chi connectivity index (χ1v) is 12.5. The van der Waals surface area contributed by atoms with Gasteiger partial charge in [0.25, 0.3) is 12.0 Å². The van der Waals surface area contributed by atoms with Crippen molar-refractivity contribution in [2.24, 2.45) is 7.05 Å². The molecule has 3 aromatic rings. The van der Waals surface area contributed by atoms with Crippen molar-refractivity contribution in [2.45, 2.75) is 64.5 Å². The van der Waals surface area contributed by atoms with Crippen LogP contribution in [-0.2, 0) is 11.8 Å². The van der Waals surface area contributed by atoms with Crippen molar-refractivity contribution in [1.82, 2.24) is 19.4 Å². The van der Waals surface area contributed by atoms with E-state index in [-0.39, 0.29) is 17.0 Å². The Balaban J connectivity index is 1.68. The number of hydrogen-bond donors (Lipinski definition) is 1. The van der Waals surface area contributed by atoms with Gasteiger partial charge in [-0.3, -0.25) is 9.36 Å². The van der Waals surface area contributed by atoms with Gasteiger partial charge in [0, 0.05) is 37.2 Å². The van der Waals surface area contributed by atoms with E-state index in [9.17, 15) is 22.8 Å². The third kappa shape index (κ3) is 5.61. The molecule has 0 saturated carbocycles. The van der Waals surface area contributed by atoms with Crippen LogP contribution in [0.1, 0.15) is 75.6 Å². The van der Waals surface area contributed by atoms with Crippen molar-refractivity contribution < 1.29 is 22.7 Å². The Hall–Kier alpha value is -3.63. The average Bonchev–Trinajstić information content (AvgIpc) is 2.85. The molecule has 1 aromatic carbocycles. The zero-order valence-electron chi connectivity index (χ0n) is 22.1. The highest BCUT2D eigenvalue weighted by molar-refractivity contribution is 5.87. The molecule has 204 valence electrons. The number of pyridine rings is 1. The lowest BCUT2D eigenvalue weighted by Gasteiger charge is -2.34. The number of nitrogens with zero attached hydrogens (tertiary/aromatic N) is 4. The molecule has 0 radical (unpaired) electrons. The summed E-state index contributed by atoms with van der Waals surface area (Å²) in [6, 6.07) is 4.89. The Morgan fingerprint density at radius 2 is 1.92 bits per heavy atom. The number of anilines is 1. The Kier molecular flexibility index (Phi) is 7.66. The smallest absolute Gasteiger partial charge is 0.410 e. The van der Waals surface area contributed by atoms with E-state index in [4.69, 9.17) is 4.74 Å². The van der Waals surface area contributed by atoms with Gasteiger partial charge < -0.3 is 15.0 Å². The normalized spacial score (nSPS) is 17.1. The van der Waals surface area contributed by atoms with E-state index in [0.29, 0.717) is 48.3 Å². The van der Waals surface area contributed by atoms with E-state index in [1.54, 1.807) is 45.7 Å². The molecule has 1 aliphatic heterocycles. The maximum atomic E-state index is 14.8. The number of halogens is 3. The summed E-state index contributed by atoms with van der Waals surface area (Å²) >= 11 is 0. The van der Waals surface area contributed by atoms with Crippen LogP contribution in [0, 0.1) is 5.82 Å². The SMILES string of the molecule is C[C@@H](Nc1ncnc2c1cc(C1CCCN(C(=O)OC(C)(C)C)C1)c(=O)n2C)c1cccc(C(F)F)c1F. The Bertz CT molecular complexity index is 1400. The first kappa shape index (κ1) is 27.4. The number of amides is 1. The van der Waals surface area contributed by atoms with Crippen LogP contribution in [-0.4, -0.2) is 44.2 Å². The predicted molar refractivity (Wildman–Crippen MR) is 138 cm³/mol. The number of alkyl halides is 2. The zero-order valence-corrected chi connectivity index (χ0v) is 22.1. The van der Waals surface area contributed by atoms with Gasteiger partial charge in [0.1, 0.15) is 29.2 Å². The lowest BCUT2D eigenvalue weighted by atomic mass is 9.91. The summed E-state index contributed by atoms with van der Waals surface area (Å²) in [6.07, 6.45) is -0.661. The molecular formula is C27H32F3N5O3.